The Kier molecular flexibility index (Phi) is 2.46. The summed E-state index contributed by atoms with van der Waals surface area (Å²) in [5, 5.41) is 3.29. The molecule has 0 aliphatic carbocycles. The third kappa shape index (κ3) is 1.92. The Balaban J connectivity index is 1.66. The minimum atomic E-state index is 0.936. The number of nitrogens with zero attached hydrogens (tertiary/aromatic N) is 2. The SMILES string of the molecule is C1CCN(Cc2nc3c([nH]2)CNC3)CC1. The lowest BCUT2D eigenvalue weighted by atomic mass is 10.1. The van der Waals surface area contributed by atoms with Gasteiger partial charge in [0.2, 0.25) is 0 Å². The predicted octanol–water partition coefficient (Wildman–Crippen LogP) is 0.999. The number of rotatable bonds is 2. The largest absolute Gasteiger partial charge is 0.343 e. The van der Waals surface area contributed by atoms with Crippen LogP contribution < -0.4 is 5.32 Å². The summed E-state index contributed by atoms with van der Waals surface area (Å²) in [7, 11) is 0. The van der Waals surface area contributed by atoms with Crippen molar-refractivity contribution in [2.24, 2.45) is 0 Å². The fraction of sp³-hybridized carbons (Fsp3) is 0.727. The van der Waals surface area contributed by atoms with Gasteiger partial charge in [-0.25, -0.2) is 4.98 Å². The summed E-state index contributed by atoms with van der Waals surface area (Å²) in [4.78, 5) is 10.6. The van der Waals surface area contributed by atoms with E-state index in [0.717, 1.165) is 25.5 Å². The van der Waals surface area contributed by atoms with E-state index in [9.17, 15) is 0 Å². The van der Waals surface area contributed by atoms with E-state index in [1.165, 1.54) is 43.7 Å². The molecule has 0 saturated carbocycles. The van der Waals surface area contributed by atoms with Gasteiger partial charge in [0.1, 0.15) is 5.82 Å². The highest BCUT2D eigenvalue weighted by Crippen LogP contribution is 2.15. The minimum Gasteiger partial charge on any atom is -0.343 e. The van der Waals surface area contributed by atoms with Crippen molar-refractivity contribution < 1.29 is 0 Å². The van der Waals surface area contributed by atoms with Gasteiger partial charge in [0.05, 0.1) is 17.9 Å². The van der Waals surface area contributed by atoms with Crippen LogP contribution in [0, 0.1) is 0 Å². The Bertz CT molecular complexity index is 317. The van der Waals surface area contributed by atoms with Crippen LogP contribution in [0.4, 0.5) is 0 Å². The molecule has 1 aromatic heterocycles. The maximum atomic E-state index is 4.63. The van der Waals surface area contributed by atoms with Gasteiger partial charge in [-0.2, -0.15) is 0 Å². The molecular formula is C11H18N4. The van der Waals surface area contributed by atoms with E-state index in [-0.39, 0.29) is 0 Å². The van der Waals surface area contributed by atoms with Crippen molar-refractivity contribution in [1.82, 2.24) is 20.2 Å². The molecule has 1 saturated heterocycles. The number of imidazole rings is 1. The first-order valence-electron chi connectivity index (χ1n) is 5.91. The van der Waals surface area contributed by atoms with Gasteiger partial charge in [-0.15, -0.1) is 0 Å². The lowest BCUT2D eigenvalue weighted by Gasteiger charge is -2.25. The Hall–Kier alpha value is -0.870. The topological polar surface area (TPSA) is 44.0 Å². The van der Waals surface area contributed by atoms with E-state index in [0.29, 0.717) is 0 Å². The second-order valence-corrected chi connectivity index (χ2v) is 4.55. The molecular weight excluding hydrogens is 188 g/mol. The summed E-state index contributed by atoms with van der Waals surface area (Å²) in [5.41, 5.74) is 2.52. The van der Waals surface area contributed by atoms with Gasteiger partial charge in [-0.1, -0.05) is 6.42 Å². The molecule has 0 amide bonds. The van der Waals surface area contributed by atoms with E-state index in [1.807, 2.05) is 0 Å². The molecule has 2 N–H and O–H groups in total. The van der Waals surface area contributed by atoms with Gasteiger partial charge in [0, 0.05) is 13.1 Å². The van der Waals surface area contributed by atoms with Crippen molar-refractivity contribution in [2.75, 3.05) is 13.1 Å². The average Bonchev–Trinajstić information content (AvgIpc) is 2.79. The van der Waals surface area contributed by atoms with Crippen LogP contribution >= 0.6 is 0 Å². The monoisotopic (exact) mass is 206 g/mol. The molecule has 3 rings (SSSR count). The summed E-state index contributed by atoms with van der Waals surface area (Å²) >= 11 is 0. The van der Waals surface area contributed by atoms with Gasteiger partial charge in [-0.05, 0) is 25.9 Å². The zero-order valence-electron chi connectivity index (χ0n) is 9.05. The summed E-state index contributed by atoms with van der Waals surface area (Å²) in [5.74, 6) is 1.16. The minimum absolute atomic E-state index is 0.936. The fourth-order valence-corrected chi connectivity index (χ4v) is 2.51. The molecule has 4 nitrogen and oxygen atoms in total. The third-order valence-corrected chi connectivity index (χ3v) is 3.33. The zero-order valence-corrected chi connectivity index (χ0v) is 9.05. The highest BCUT2D eigenvalue weighted by Gasteiger charge is 2.17. The first-order valence-corrected chi connectivity index (χ1v) is 5.91. The number of likely N-dealkylation sites (tertiary alicyclic amines) is 1. The molecule has 0 unspecified atom stereocenters. The number of fused-ring (bicyclic) bond motifs is 1. The molecule has 0 aromatic carbocycles. The summed E-state index contributed by atoms with van der Waals surface area (Å²) in [6, 6.07) is 0. The van der Waals surface area contributed by atoms with Crippen LogP contribution in [0.3, 0.4) is 0 Å². The average molecular weight is 206 g/mol. The molecule has 1 aromatic rings. The second-order valence-electron chi connectivity index (χ2n) is 4.55. The lowest BCUT2D eigenvalue weighted by Crippen LogP contribution is -2.29. The third-order valence-electron chi connectivity index (χ3n) is 3.33. The molecule has 0 bridgehead atoms. The molecule has 3 heterocycles. The van der Waals surface area contributed by atoms with Crippen molar-refractivity contribution in [3.05, 3.63) is 17.2 Å². The van der Waals surface area contributed by atoms with Crippen molar-refractivity contribution in [3.63, 3.8) is 0 Å². The standard InChI is InChI=1S/C11H18N4/c1-2-4-15(5-3-1)8-11-13-9-6-12-7-10(9)14-11/h12H,1-8H2,(H,13,14). The van der Waals surface area contributed by atoms with E-state index in [1.54, 1.807) is 0 Å². The Morgan fingerprint density at radius 1 is 1.13 bits per heavy atom. The zero-order chi connectivity index (χ0) is 10.1. The first-order chi connectivity index (χ1) is 7.42. The fourth-order valence-electron chi connectivity index (χ4n) is 2.51. The molecule has 0 atom stereocenters. The molecule has 2 aliphatic rings. The van der Waals surface area contributed by atoms with Crippen molar-refractivity contribution in [1.29, 1.82) is 0 Å². The number of nitrogens with one attached hydrogen (secondary N) is 2. The molecule has 0 spiro atoms. The van der Waals surface area contributed by atoms with Gasteiger partial charge < -0.3 is 10.3 Å². The van der Waals surface area contributed by atoms with Crippen molar-refractivity contribution in [2.45, 2.75) is 38.9 Å². The highest BCUT2D eigenvalue weighted by atomic mass is 15.2. The summed E-state index contributed by atoms with van der Waals surface area (Å²) < 4.78 is 0. The van der Waals surface area contributed by atoms with Crippen LogP contribution in [-0.2, 0) is 19.6 Å². The first kappa shape index (κ1) is 9.36. The predicted molar refractivity (Wildman–Crippen MR) is 58.3 cm³/mol. The lowest BCUT2D eigenvalue weighted by molar-refractivity contribution is 0.216. The van der Waals surface area contributed by atoms with Crippen molar-refractivity contribution >= 4 is 0 Å². The number of hydrogen-bond donors (Lipinski definition) is 2. The molecule has 4 heteroatoms. The number of aromatic amines is 1. The van der Waals surface area contributed by atoms with Gasteiger partial charge in [0.25, 0.3) is 0 Å². The molecule has 82 valence electrons. The molecule has 15 heavy (non-hydrogen) atoms. The van der Waals surface area contributed by atoms with E-state index >= 15 is 0 Å². The van der Waals surface area contributed by atoms with E-state index in [2.05, 4.69) is 20.2 Å². The number of aromatic nitrogens is 2. The van der Waals surface area contributed by atoms with Gasteiger partial charge in [0.15, 0.2) is 0 Å². The van der Waals surface area contributed by atoms with Crippen LogP contribution in [0.1, 0.15) is 36.5 Å². The Labute approximate surface area is 90.1 Å². The van der Waals surface area contributed by atoms with Crippen molar-refractivity contribution in [3.8, 4) is 0 Å². The second kappa shape index (κ2) is 3.94. The van der Waals surface area contributed by atoms with E-state index in [4.69, 9.17) is 0 Å². The highest BCUT2D eigenvalue weighted by molar-refractivity contribution is 5.18. The van der Waals surface area contributed by atoms with Crippen LogP contribution in [-0.4, -0.2) is 28.0 Å². The summed E-state index contributed by atoms with van der Waals surface area (Å²) in [6.07, 6.45) is 4.10. The number of piperidine rings is 1. The van der Waals surface area contributed by atoms with E-state index < -0.39 is 0 Å². The summed E-state index contributed by atoms with van der Waals surface area (Å²) in [6.45, 7) is 5.38. The van der Waals surface area contributed by atoms with Gasteiger partial charge >= 0.3 is 0 Å². The van der Waals surface area contributed by atoms with Crippen LogP contribution in [0.15, 0.2) is 0 Å². The maximum Gasteiger partial charge on any atom is 0.120 e. The Morgan fingerprint density at radius 3 is 2.80 bits per heavy atom. The maximum absolute atomic E-state index is 4.63. The van der Waals surface area contributed by atoms with Crippen LogP contribution in [0.5, 0.6) is 0 Å². The molecule has 2 aliphatic heterocycles. The number of hydrogen-bond acceptors (Lipinski definition) is 3. The van der Waals surface area contributed by atoms with Gasteiger partial charge in [-0.3, -0.25) is 4.90 Å². The smallest absolute Gasteiger partial charge is 0.120 e. The molecule has 1 fully saturated rings. The molecule has 0 radical (unpaired) electrons. The van der Waals surface area contributed by atoms with Crippen LogP contribution in [0.25, 0.3) is 0 Å². The van der Waals surface area contributed by atoms with Crippen LogP contribution in [0.2, 0.25) is 0 Å². The normalized spacial score (nSPS) is 21.9. The quantitative estimate of drug-likeness (QED) is 0.758. The number of H-pyrrole nitrogens is 1. The Morgan fingerprint density at radius 2 is 2.00 bits per heavy atom.